The molecule has 0 radical (unpaired) electrons. The van der Waals surface area contributed by atoms with E-state index in [2.05, 4.69) is 17.6 Å². The molecule has 1 saturated heterocycles. The van der Waals surface area contributed by atoms with Gasteiger partial charge in [-0.3, -0.25) is 14.3 Å². The minimum Gasteiger partial charge on any atom is -0.400 e. The van der Waals surface area contributed by atoms with E-state index in [0.717, 1.165) is 7.11 Å². The molecule has 0 bridgehead atoms. The molecule has 134 valence electrons. The molecular formula is C15H27FN2O4S. The Balaban J connectivity index is 0.00000112. The molecule has 0 aromatic carbocycles. The molecule has 1 fully saturated rings. The van der Waals surface area contributed by atoms with Gasteiger partial charge in [0.2, 0.25) is 5.85 Å². The van der Waals surface area contributed by atoms with Gasteiger partial charge in [-0.2, -0.15) is 12.6 Å². The van der Waals surface area contributed by atoms with Crippen LogP contribution in [0.3, 0.4) is 0 Å². The quantitative estimate of drug-likeness (QED) is 0.726. The lowest BCUT2D eigenvalue weighted by Crippen LogP contribution is -2.34. The van der Waals surface area contributed by atoms with Crippen molar-refractivity contribution < 1.29 is 14.2 Å². The summed E-state index contributed by atoms with van der Waals surface area (Å²) in [5.41, 5.74) is -1.06. The fourth-order valence-corrected chi connectivity index (χ4v) is 2.73. The number of aliphatic hydroxyl groups excluding tert-OH is 1. The van der Waals surface area contributed by atoms with Gasteiger partial charge in [0.1, 0.15) is 6.23 Å². The van der Waals surface area contributed by atoms with Gasteiger partial charge in [0.25, 0.3) is 5.56 Å². The highest BCUT2D eigenvalue weighted by molar-refractivity contribution is 7.80. The Morgan fingerprint density at radius 1 is 1.48 bits per heavy atom. The molecule has 0 spiro atoms. The summed E-state index contributed by atoms with van der Waals surface area (Å²) >= 11 is 4.15. The number of ether oxygens (including phenoxy) is 1. The van der Waals surface area contributed by atoms with Crippen molar-refractivity contribution in [1.82, 2.24) is 9.55 Å². The Morgan fingerprint density at radius 3 is 2.57 bits per heavy atom. The van der Waals surface area contributed by atoms with Gasteiger partial charge in [0.05, 0.1) is 0 Å². The summed E-state index contributed by atoms with van der Waals surface area (Å²) in [6.45, 7) is 5.70. The highest BCUT2D eigenvalue weighted by Gasteiger charge is 2.46. The maximum atomic E-state index is 14.3. The summed E-state index contributed by atoms with van der Waals surface area (Å²) in [6, 6.07) is 1.23. The third-order valence-corrected chi connectivity index (χ3v) is 3.71. The molecule has 0 amide bonds. The van der Waals surface area contributed by atoms with Crippen molar-refractivity contribution in [1.29, 1.82) is 0 Å². The van der Waals surface area contributed by atoms with Crippen molar-refractivity contribution in [2.45, 2.75) is 52.1 Å². The first kappa shape index (κ1) is 21.9. The van der Waals surface area contributed by atoms with Crippen LogP contribution in [0, 0.1) is 5.92 Å². The monoisotopic (exact) mass is 350 g/mol. The van der Waals surface area contributed by atoms with Gasteiger partial charge in [-0.15, -0.1) is 0 Å². The van der Waals surface area contributed by atoms with Gasteiger partial charge in [0, 0.05) is 38.1 Å². The Kier molecular flexibility index (Phi) is 10.1. The van der Waals surface area contributed by atoms with Crippen LogP contribution in [0.5, 0.6) is 0 Å². The van der Waals surface area contributed by atoms with Crippen LogP contribution in [-0.2, 0) is 4.74 Å². The van der Waals surface area contributed by atoms with Gasteiger partial charge in [-0.1, -0.05) is 20.8 Å². The number of alkyl halides is 1. The van der Waals surface area contributed by atoms with E-state index in [-0.39, 0.29) is 18.8 Å². The Hall–Kier alpha value is -1.12. The third-order valence-electron chi connectivity index (χ3n) is 3.46. The van der Waals surface area contributed by atoms with E-state index in [0.29, 0.717) is 12.2 Å². The van der Waals surface area contributed by atoms with Crippen LogP contribution < -0.4 is 11.2 Å². The molecule has 1 aliphatic heterocycles. The predicted molar refractivity (Wildman–Crippen MR) is 91.6 cm³/mol. The van der Waals surface area contributed by atoms with Crippen molar-refractivity contribution >= 4 is 12.6 Å². The molecule has 2 N–H and O–H groups in total. The number of nitrogens with zero attached hydrogens (tertiary/aromatic N) is 1. The molecule has 1 aromatic rings. The Morgan fingerprint density at radius 2 is 2.09 bits per heavy atom. The van der Waals surface area contributed by atoms with Crippen molar-refractivity contribution in [2.75, 3.05) is 12.9 Å². The SMILES string of the molecule is CC.CC[C@]1(F)CC(CCS)C(n2ccc(=O)[nH]c2=O)O1.CO. The van der Waals surface area contributed by atoms with Crippen LogP contribution in [0.2, 0.25) is 0 Å². The molecular weight excluding hydrogens is 323 g/mol. The van der Waals surface area contributed by atoms with Gasteiger partial charge in [-0.25, -0.2) is 9.18 Å². The van der Waals surface area contributed by atoms with Crippen LogP contribution in [0.25, 0.3) is 0 Å². The van der Waals surface area contributed by atoms with E-state index >= 15 is 0 Å². The number of hydrogen-bond acceptors (Lipinski definition) is 5. The molecule has 0 saturated carbocycles. The fraction of sp³-hybridized carbons (Fsp3) is 0.733. The molecule has 1 aliphatic rings. The normalized spacial score (nSPS) is 25.9. The minimum absolute atomic E-state index is 0.133. The second-order valence-corrected chi connectivity index (χ2v) is 5.19. The zero-order chi connectivity index (χ0) is 18.0. The maximum absolute atomic E-state index is 14.3. The third kappa shape index (κ3) is 5.78. The van der Waals surface area contributed by atoms with E-state index in [1.54, 1.807) is 6.92 Å². The topological polar surface area (TPSA) is 84.3 Å². The lowest BCUT2D eigenvalue weighted by molar-refractivity contribution is -0.159. The van der Waals surface area contributed by atoms with Crippen molar-refractivity contribution in [2.24, 2.45) is 5.92 Å². The number of hydrogen-bond donors (Lipinski definition) is 3. The van der Waals surface area contributed by atoms with Crippen molar-refractivity contribution in [3.05, 3.63) is 33.1 Å². The van der Waals surface area contributed by atoms with Gasteiger partial charge < -0.3 is 9.84 Å². The van der Waals surface area contributed by atoms with Gasteiger partial charge in [0.15, 0.2) is 0 Å². The maximum Gasteiger partial charge on any atom is 0.330 e. The lowest BCUT2D eigenvalue weighted by Gasteiger charge is -2.20. The van der Waals surface area contributed by atoms with Crippen LogP contribution in [-0.4, -0.2) is 33.4 Å². The molecule has 23 heavy (non-hydrogen) atoms. The average Bonchev–Trinajstić information content (AvgIpc) is 2.89. The summed E-state index contributed by atoms with van der Waals surface area (Å²) in [7, 11) is 1.00. The number of rotatable bonds is 4. The Labute approximate surface area is 141 Å². The minimum atomic E-state index is -1.71. The predicted octanol–water partition coefficient (Wildman–Crippen LogP) is 2.10. The van der Waals surface area contributed by atoms with Crippen LogP contribution in [0.4, 0.5) is 4.39 Å². The summed E-state index contributed by atoms with van der Waals surface area (Å²) in [6.07, 6.45) is 1.76. The molecule has 3 atom stereocenters. The molecule has 8 heteroatoms. The standard InChI is InChI=1S/C12H17FN2O3S.C2H6.CH4O/c1-2-12(13)7-8(4-6-19)10(18-12)15-5-3-9(16)14-11(15)17;2*1-2/h3,5,8,10,19H,2,4,6-7H2,1H3,(H,14,16,17);1-2H3;2H,1H3/t8?,10?,12-;;/m1../s1. The lowest BCUT2D eigenvalue weighted by atomic mass is 9.98. The smallest absolute Gasteiger partial charge is 0.330 e. The summed E-state index contributed by atoms with van der Waals surface area (Å²) in [4.78, 5) is 25.0. The van der Waals surface area contributed by atoms with Crippen LogP contribution in [0.1, 0.15) is 46.3 Å². The fourth-order valence-electron chi connectivity index (χ4n) is 2.40. The van der Waals surface area contributed by atoms with E-state index in [1.807, 2.05) is 13.8 Å². The highest BCUT2D eigenvalue weighted by Crippen LogP contribution is 2.44. The average molecular weight is 350 g/mol. The number of halogens is 1. The number of thiol groups is 1. The van der Waals surface area contributed by atoms with Crippen LogP contribution >= 0.6 is 12.6 Å². The summed E-state index contributed by atoms with van der Waals surface area (Å²) in [5.74, 6) is -1.26. The molecule has 0 aliphatic carbocycles. The van der Waals surface area contributed by atoms with E-state index in [4.69, 9.17) is 9.84 Å². The summed E-state index contributed by atoms with van der Waals surface area (Å²) in [5, 5.41) is 7.00. The first-order valence-corrected chi connectivity index (χ1v) is 8.36. The van der Waals surface area contributed by atoms with E-state index in [1.165, 1.54) is 16.8 Å². The molecule has 6 nitrogen and oxygen atoms in total. The molecule has 2 unspecified atom stereocenters. The van der Waals surface area contributed by atoms with Gasteiger partial charge in [-0.05, 0) is 12.2 Å². The van der Waals surface area contributed by atoms with Crippen LogP contribution in [0.15, 0.2) is 21.9 Å². The number of H-pyrrole nitrogens is 1. The number of aromatic nitrogens is 2. The first-order chi connectivity index (χ1) is 11.0. The van der Waals surface area contributed by atoms with Crippen molar-refractivity contribution in [3.63, 3.8) is 0 Å². The second kappa shape index (κ2) is 10.6. The summed E-state index contributed by atoms with van der Waals surface area (Å²) < 4.78 is 21.0. The van der Waals surface area contributed by atoms with Gasteiger partial charge >= 0.3 is 5.69 Å². The molecule has 1 aromatic heterocycles. The second-order valence-electron chi connectivity index (χ2n) is 4.74. The number of aromatic amines is 1. The Bertz CT molecular complexity index is 563. The molecule has 2 heterocycles. The van der Waals surface area contributed by atoms with Crippen molar-refractivity contribution in [3.8, 4) is 0 Å². The first-order valence-electron chi connectivity index (χ1n) is 7.73. The van der Waals surface area contributed by atoms with E-state index in [9.17, 15) is 14.0 Å². The zero-order valence-corrected chi connectivity index (χ0v) is 15.0. The largest absolute Gasteiger partial charge is 0.400 e. The number of nitrogens with one attached hydrogen (secondary N) is 1. The zero-order valence-electron chi connectivity index (χ0n) is 14.1. The number of aliphatic hydroxyl groups is 1. The highest BCUT2D eigenvalue weighted by atomic mass is 32.1. The van der Waals surface area contributed by atoms with E-state index < -0.39 is 23.3 Å². The molecule has 2 rings (SSSR count).